The van der Waals surface area contributed by atoms with E-state index in [1.165, 1.54) is 5.56 Å². The molecule has 0 bridgehead atoms. The molecule has 4 nitrogen and oxygen atoms in total. The molecule has 25 heavy (non-hydrogen) atoms. The lowest BCUT2D eigenvalue weighted by Gasteiger charge is -2.35. The fourth-order valence-electron chi connectivity index (χ4n) is 3.35. The average Bonchev–Trinajstić information content (AvgIpc) is 2.64. The van der Waals surface area contributed by atoms with Gasteiger partial charge in [0.05, 0.1) is 17.9 Å². The van der Waals surface area contributed by atoms with Crippen molar-refractivity contribution in [2.45, 2.75) is 32.2 Å². The molecule has 1 unspecified atom stereocenters. The molecule has 5 heteroatoms. The summed E-state index contributed by atoms with van der Waals surface area (Å²) in [6.45, 7) is 3.89. The largest absolute Gasteiger partial charge is 0.323 e. The van der Waals surface area contributed by atoms with Gasteiger partial charge in [-0.2, -0.15) is 0 Å². The third-order valence-electron chi connectivity index (χ3n) is 4.94. The molecule has 2 aromatic rings. The first-order chi connectivity index (χ1) is 12.1. The SMILES string of the molecule is CC(C(=O)Nc1ccc(Cl)nc1)N1CCC(Cc2ccccc2)CC1. The van der Waals surface area contributed by atoms with E-state index < -0.39 is 0 Å². The van der Waals surface area contributed by atoms with Crippen molar-refractivity contribution >= 4 is 23.2 Å². The molecule has 0 radical (unpaired) electrons. The number of pyridine rings is 1. The summed E-state index contributed by atoms with van der Waals surface area (Å²) in [5.41, 5.74) is 2.09. The normalized spacial score (nSPS) is 17.2. The molecule has 0 saturated carbocycles. The van der Waals surface area contributed by atoms with Gasteiger partial charge in [0.15, 0.2) is 0 Å². The molecule has 0 aliphatic carbocycles. The van der Waals surface area contributed by atoms with Crippen LogP contribution >= 0.6 is 11.6 Å². The Morgan fingerprint density at radius 2 is 1.96 bits per heavy atom. The van der Waals surface area contributed by atoms with Gasteiger partial charge in [-0.25, -0.2) is 4.98 Å². The molecule has 1 N–H and O–H groups in total. The predicted molar refractivity (Wildman–Crippen MR) is 102 cm³/mol. The standard InChI is InChI=1S/C20H24ClN3O/c1-15(20(25)23-18-7-8-19(21)22-14-18)24-11-9-17(10-12-24)13-16-5-3-2-4-6-16/h2-8,14-15,17H,9-13H2,1H3,(H,23,25). The summed E-state index contributed by atoms with van der Waals surface area (Å²) < 4.78 is 0. The number of halogens is 1. The quantitative estimate of drug-likeness (QED) is 0.822. The molecule has 2 heterocycles. The van der Waals surface area contributed by atoms with Gasteiger partial charge in [0.2, 0.25) is 5.91 Å². The number of amides is 1. The first-order valence-electron chi connectivity index (χ1n) is 8.82. The molecule has 3 rings (SSSR count). The van der Waals surface area contributed by atoms with Gasteiger partial charge in [-0.1, -0.05) is 41.9 Å². The smallest absolute Gasteiger partial charge is 0.241 e. The Balaban J connectivity index is 1.48. The highest BCUT2D eigenvalue weighted by Gasteiger charge is 2.26. The van der Waals surface area contributed by atoms with Crippen LogP contribution in [-0.4, -0.2) is 34.9 Å². The van der Waals surface area contributed by atoms with E-state index in [0.717, 1.165) is 32.4 Å². The van der Waals surface area contributed by atoms with Crippen molar-refractivity contribution < 1.29 is 4.79 Å². The topological polar surface area (TPSA) is 45.2 Å². The maximum Gasteiger partial charge on any atom is 0.241 e. The molecule has 1 atom stereocenters. The van der Waals surface area contributed by atoms with Crippen LogP contribution in [0.3, 0.4) is 0 Å². The van der Waals surface area contributed by atoms with Crippen molar-refractivity contribution in [3.63, 3.8) is 0 Å². The molecule has 1 amide bonds. The van der Waals surface area contributed by atoms with Crippen LogP contribution in [0.5, 0.6) is 0 Å². The van der Waals surface area contributed by atoms with Crippen LogP contribution in [0.4, 0.5) is 5.69 Å². The number of nitrogens with zero attached hydrogens (tertiary/aromatic N) is 2. The van der Waals surface area contributed by atoms with Crippen molar-refractivity contribution in [1.29, 1.82) is 0 Å². The molecular formula is C20H24ClN3O. The molecule has 1 aliphatic rings. The Morgan fingerprint density at radius 3 is 2.60 bits per heavy atom. The van der Waals surface area contributed by atoms with Gasteiger partial charge < -0.3 is 5.32 Å². The number of carbonyl (C=O) groups is 1. The zero-order valence-electron chi connectivity index (χ0n) is 14.5. The predicted octanol–water partition coefficient (Wildman–Crippen LogP) is 4.02. The number of piperidine rings is 1. The summed E-state index contributed by atoms with van der Waals surface area (Å²) in [5, 5.41) is 3.34. The number of benzene rings is 1. The van der Waals surface area contributed by atoms with Gasteiger partial charge in [0.1, 0.15) is 5.15 Å². The van der Waals surface area contributed by atoms with E-state index in [2.05, 4.69) is 45.5 Å². The number of aromatic nitrogens is 1. The van der Waals surface area contributed by atoms with Crippen LogP contribution in [0.15, 0.2) is 48.7 Å². The highest BCUT2D eigenvalue weighted by molar-refractivity contribution is 6.29. The number of nitrogens with one attached hydrogen (secondary N) is 1. The minimum Gasteiger partial charge on any atom is -0.323 e. The first-order valence-corrected chi connectivity index (χ1v) is 9.20. The second-order valence-corrected chi connectivity index (χ2v) is 7.09. The van der Waals surface area contributed by atoms with Crippen LogP contribution in [0.1, 0.15) is 25.3 Å². The van der Waals surface area contributed by atoms with E-state index in [0.29, 0.717) is 16.8 Å². The van der Waals surface area contributed by atoms with Crippen LogP contribution in [0.25, 0.3) is 0 Å². The summed E-state index contributed by atoms with van der Waals surface area (Å²) in [7, 11) is 0. The van der Waals surface area contributed by atoms with Gasteiger partial charge in [0.25, 0.3) is 0 Å². The summed E-state index contributed by atoms with van der Waals surface area (Å²) in [4.78, 5) is 18.7. The second-order valence-electron chi connectivity index (χ2n) is 6.70. The third-order valence-corrected chi connectivity index (χ3v) is 5.16. The maximum absolute atomic E-state index is 12.5. The third kappa shape index (κ3) is 5.03. The Morgan fingerprint density at radius 1 is 1.24 bits per heavy atom. The van der Waals surface area contributed by atoms with E-state index in [1.54, 1.807) is 18.3 Å². The Labute approximate surface area is 154 Å². The van der Waals surface area contributed by atoms with E-state index in [-0.39, 0.29) is 11.9 Å². The molecular weight excluding hydrogens is 334 g/mol. The average molecular weight is 358 g/mol. The van der Waals surface area contributed by atoms with Crippen molar-refractivity contribution in [2.24, 2.45) is 5.92 Å². The first kappa shape index (κ1) is 17.9. The second kappa shape index (κ2) is 8.45. The fourth-order valence-corrected chi connectivity index (χ4v) is 3.47. The number of rotatable bonds is 5. The molecule has 132 valence electrons. The number of likely N-dealkylation sites (tertiary alicyclic amines) is 1. The van der Waals surface area contributed by atoms with Gasteiger partial charge >= 0.3 is 0 Å². The Hall–Kier alpha value is -1.91. The van der Waals surface area contributed by atoms with Crippen molar-refractivity contribution in [1.82, 2.24) is 9.88 Å². The lowest BCUT2D eigenvalue weighted by Crippen LogP contribution is -2.46. The number of hydrogen-bond donors (Lipinski definition) is 1. The molecule has 1 aliphatic heterocycles. The minimum absolute atomic E-state index is 0.00521. The van der Waals surface area contributed by atoms with E-state index >= 15 is 0 Å². The molecule has 1 fully saturated rings. The van der Waals surface area contributed by atoms with Gasteiger partial charge in [-0.05, 0) is 62.9 Å². The van der Waals surface area contributed by atoms with Crippen molar-refractivity contribution in [3.05, 3.63) is 59.4 Å². The molecule has 1 saturated heterocycles. The van der Waals surface area contributed by atoms with Gasteiger partial charge in [-0.15, -0.1) is 0 Å². The molecule has 0 spiro atoms. The fraction of sp³-hybridized carbons (Fsp3) is 0.400. The zero-order valence-corrected chi connectivity index (χ0v) is 15.2. The van der Waals surface area contributed by atoms with Crippen molar-refractivity contribution in [2.75, 3.05) is 18.4 Å². The van der Waals surface area contributed by atoms with Crippen LogP contribution < -0.4 is 5.32 Å². The molecule has 1 aromatic carbocycles. The number of anilines is 1. The lowest BCUT2D eigenvalue weighted by molar-refractivity contribution is -0.121. The molecule has 1 aromatic heterocycles. The van der Waals surface area contributed by atoms with Crippen LogP contribution in [0.2, 0.25) is 5.15 Å². The highest BCUT2D eigenvalue weighted by atomic mass is 35.5. The van der Waals surface area contributed by atoms with Crippen molar-refractivity contribution in [3.8, 4) is 0 Å². The number of hydrogen-bond acceptors (Lipinski definition) is 3. The van der Waals surface area contributed by atoms with Crippen LogP contribution in [0, 0.1) is 5.92 Å². The van der Waals surface area contributed by atoms with Gasteiger partial charge in [-0.3, -0.25) is 9.69 Å². The monoisotopic (exact) mass is 357 g/mol. The van der Waals surface area contributed by atoms with E-state index in [1.807, 2.05) is 6.92 Å². The lowest BCUT2D eigenvalue weighted by atomic mass is 9.89. The minimum atomic E-state index is -0.145. The van der Waals surface area contributed by atoms with E-state index in [9.17, 15) is 4.79 Å². The summed E-state index contributed by atoms with van der Waals surface area (Å²) >= 11 is 5.77. The van der Waals surface area contributed by atoms with Crippen LogP contribution in [-0.2, 0) is 11.2 Å². The maximum atomic E-state index is 12.5. The number of carbonyl (C=O) groups excluding carboxylic acids is 1. The Kier molecular flexibility index (Phi) is 6.05. The van der Waals surface area contributed by atoms with Gasteiger partial charge in [0, 0.05) is 0 Å². The summed E-state index contributed by atoms with van der Waals surface area (Å²) in [6, 6.07) is 14.0. The zero-order chi connectivity index (χ0) is 17.6. The highest BCUT2D eigenvalue weighted by Crippen LogP contribution is 2.23. The van der Waals surface area contributed by atoms with E-state index in [4.69, 9.17) is 11.6 Å². The Bertz CT molecular complexity index is 682. The summed E-state index contributed by atoms with van der Waals surface area (Å²) in [6.07, 6.45) is 4.98. The summed E-state index contributed by atoms with van der Waals surface area (Å²) in [5.74, 6) is 0.708.